The molecule has 0 unspecified atom stereocenters. The molecule has 0 aliphatic heterocycles. The average molecular weight is 827 g/mol. The normalized spacial score (nSPS) is 11.7. The predicted octanol–water partition coefficient (Wildman–Crippen LogP) is 15.9. The molecule has 0 fully saturated rings. The summed E-state index contributed by atoms with van der Waals surface area (Å²) in [6.07, 6.45) is 0. The highest BCUT2D eigenvalue weighted by Gasteiger charge is 2.20. The minimum Gasteiger partial charge on any atom is -0.309 e. The van der Waals surface area contributed by atoms with Crippen molar-refractivity contribution in [2.24, 2.45) is 0 Å². The second-order valence-corrected chi connectivity index (χ2v) is 16.8. The molecule has 0 saturated carbocycles. The summed E-state index contributed by atoms with van der Waals surface area (Å²) in [4.78, 5) is 15.9. The van der Waals surface area contributed by atoms with E-state index in [1.165, 1.54) is 48.7 Å². The Morgan fingerprint density at radius 1 is 0.308 bits per heavy atom. The van der Waals surface area contributed by atoms with Crippen molar-refractivity contribution < 1.29 is 0 Å². The van der Waals surface area contributed by atoms with Gasteiger partial charge in [0.25, 0.3) is 0 Å². The van der Waals surface area contributed by atoms with Crippen LogP contribution in [0, 0.1) is 0 Å². The lowest BCUT2D eigenvalue weighted by atomic mass is 9.95. The summed E-state index contributed by atoms with van der Waals surface area (Å²) in [6.45, 7) is 0. The van der Waals surface area contributed by atoms with E-state index in [0.29, 0.717) is 5.82 Å². The molecule has 3 heterocycles. The van der Waals surface area contributed by atoms with E-state index in [0.717, 1.165) is 72.4 Å². The lowest BCUT2D eigenvalue weighted by Crippen LogP contribution is -1.97. The Morgan fingerprint density at radius 2 is 0.846 bits per heavy atom. The first-order valence-electron chi connectivity index (χ1n) is 22.1. The Hall–Kier alpha value is -8.73. The van der Waals surface area contributed by atoms with Crippen molar-refractivity contribution in [1.82, 2.24) is 19.5 Å². The number of rotatable bonds is 6. The summed E-state index contributed by atoms with van der Waals surface area (Å²) >= 11 is 0. The van der Waals surface area contributed by atoms with Gasteiger partial charge in [0.05, 0.1) is 33.6 Å². The van der Waals surface area contributed by atoms with Gasteiger partial charge in [-0.15, -0.1) is 0 Å². The third kappa shape index (κ3) is 6.26. The van der Waals surface area contributed by atoms with Crippen LogP contribution < -0.4 is 0 Å². The van der Waals surface area contributed by atoms with Gasteiger partial charge in [-0.1, -0.05) is 188 Å². The van der Waals surface area contributed by atoms with Crippen LogP contribution >= 0.6 is 0 Å². The highest BCUT2D eigenvalue weighted by Crippen LogP contribution is 2.43. The Bertz CT molecular complexity index is 3890. The molecule has 3 aromatic heterocycles. The van der Waals surface area contributed by atoms with Crippen LogP contribution in [0.25, 0.3) is 127 Å². The zero-order valence-corrected chi connectivity index (χ0v) is 35.2. The van der Waals surface area contributed by atoms with E-state index in [-0.39, 0.29) is 0 Å². The topological polar surface area (TPSA) is 43.6 Å². The van der Waals surface area contributed by atoms with Crippen LogP contribution in [0.15, 0.2) is 231 Å². The molecule has 0 N–H and O–H groups in total. The van der Waals surface area contributed by atoms with E-state index in [9.17, 15) is 0 Å². The Kier molecular flexibility index (Phi) is 8.50. The molecule has 0 spiro atoms. The molecule has 4 nitrogen and oxygen atoms in total. The fourth-order valence-electron chi connectivity index (χ4n) is 9.77. The predicted molar refractivity (Wildman–Crippen MR) is 271 cm³/mol. The van der Waals surface area contributed by atoms with E-state index in [2.05, 4.69) is 235 Å². The van der Waals surface area contributed by atoms with E-state index < -0.39 is 0 Å². The Morgan fingerprint density at radius 3 is 1.54 bits per heavy atom. The van der Waals surface area contributed by atoms with Gasteiger partial charge in [-0.05, 0) is 75.1 Å². The quantitative estimate of drug-likeness (QED) is 0.157. The lowest BCUT2D eigenvalue weighted by Gasteiger charge is -2.15. The zero-order chi connectivity index (χ0) is 42.8. The van der Waals surface area contributed by atoms with E-state index >= 15 is 0 Å². The number of benzene rings is 10. The van der Waals surface area contributed by atoms with Crippen LogP contribution in [0.2, 0.25) is 0 Å². The Balaban J connectivity index is 0.967. The van der Waals surface area contributed by atoms with E-state index in [1.54, 1.807) is 0 Å². The molecule has 0 aliphatic carbocycles. The SMILES string of the molecule is c1ccc(-c2nc3cc(-c4ccc(-c5nc(-c6ccc7ccccc7c6)cc(-c6ccc7ccccc7c6)n5)cc4)ccc3c3c2ccc2c4ccccc4n(-c4ccccc4)c23)cc1. The number of pyridine rings is 1. The van der Waals surface area contributed by atoms with Crippen molar-refractivity contribution in [3.8, 4) is 62.0 Å². The first-order valence-corrected chi connectivity index (χ1v) is 22.1. The molecule has 0 saturated heterocycles. The zero-order valence-electron chi connectivity index (χ0n) is 35.2. The lowest BCUT2D eigenvalue weighted by molar-refractivity contribution is 1.18. The van der Waals surface area contributed by atoms with Crippen LogP contribution in [0.3, 0.4) is 0 Å². The van der Waals surface area contributed by atoms with Crippen LogP contribution in [-0.2, 0) is 0 Å². The summed E-state index contributed by atoms with van der Waals surface area (Å²) in [7, 11) is 0. The van der Waals surface area contributed by atoms with Crippen LogP contribution in [0.4, 0.5) is 0 Å². The number of hydrogen-bond donors (Lipinski definition) is 0. The van der Waals surface area contributed by atoms with Gasteiger partial charge >= 0.3 is 0 Å². The third-order valence-corrected chi connectivity index (χ3v) is 12.9. The maximum atomic E-state index is 5.47. The molecule has 302 valence electrons. The minimum atomic E-state index is 0.683. The fraction of sp³-hybridized carbons (Fsp3) is 0. The fourth-order valence-corrected chi connectivity index (χ4v) is 9.77. The van der Waals surface area contributed by atoms with Crippen LogP contribution in [0.5, 0.6) is 0 Å². The van der Waals surface area contributed by atoms with E-state index in [4.69, 9.17) is 15.0 Å². The van der Waals surface area contributed by atoms with Crippen LogP contribution in [0.1, 0.15) is 0 Å². The third-order valence-electron chi connectivity index (χ3n) is 12.9. The molecule has 65 heavy (non-hydrogen) atoms. The standard InChI is InChI=1S/C61H38N4/c1-3-15-42(16-4-1)59-53-34-33-51-50-21-11-12-22-57(50)65(49-19-5-2-6-20-49)60(51)58(53)52-32-31-46(37-56(52)62-59)41-23-27-43(28-24-41)61-63-54(47-29-25-39-13-7-9-17-44(39)35-47)38-55(64-61)48-30-26-40-14-8-10-18-45(40)36-48/h1-38H. The molecule has 0 radical (unpaired) electrons. The highest BCUT2D eigenvalue weighted by atomic mass is 15.0. The number of fused-ring (bicyclic) bond motifs is 9. The second-order valence-electron chi connectivity index (χ2n) is 16.8. The monoisotopic (exact) mass is 826 g/mol. The summed E-state index contributed by atoms with van der Waals surface area (Å²) in [5, 5.41) is 10.6. The molecular weight excluding hydrogens is 789 g/mol. The first-order chi connectivity index (χ1) is 32.2. The van der Waals surface area contributed by atoms with Gasteiger partial charge in [0.2, 0.25) is 0 Å². The van der Waals surface area contributed by atoms with Crippen molar-refractivity contribution in [3.63, 3.8) is 0 Å². The van der Waals surface area contributed by atoms with Crippen molar-refractivity contribution in [2.75, 3.05) is 0 Å². The van der Waals surface area contributed by atoms with Gasteiger partial charge in [-0.25, -0.2) is 15.0 Å². The van der Waals surface area contributed by atoms with Gasteiger partial charge in [0, 0.05) is 54.9 Å². The molecule has 0 atom stereocenters. The summed E-state index contributed by atoms with van der Waals surface area (Å²) in [5.74, 6) is 0.683. The molecule has 4 heteroatoms. The molecule has 0 amide bonds. The van der Waals surface area contributed by atoms with Gasteiger partial charge < -0.3 is 4.57 Å². The molecular formula is C61H38N4. The summed E-state index contributed by atoms with van der Waals surface area (Å²) in [6, 6.07) is 82.1. The maximum Gasteiger partial charge on any atom is 0.160 e. The Labute approximate surface area is 375 Å². The van der Waals surface area contributed by atoms with Gasteiger partial charge in [-0.3, -0.25) is 0 Å². The average Bonchev–Trinajstić information content (AvgIpc) is 3.73. The summed E-state index contributed by atoms with van der Waals surface area (Å²) < 4.78 is 2.43. The number of para-hydroxylation sites is 2. The van der Waals surface area contributed by atoms with Crippen LogP contribution in [-0.4, -0.2) is 19.5 Å². The van der Waals surface area contributed by atoms with Gasteiger partial charge in [0.15, 0.2) is 5.82 Å². The molecule has 13 aromatic rings. The van der Waals surface area contributed by atoms with Crippen molar-refractivity contribution in [3.05, 3.63) is 231 Å². The number of hydrogen-bond acceptors (Lipinski definition) is 3. The maximum absolute atomic E-state index is 5.47. The highest BCUT2D eigenvalue weighted by molar-refractivity contribution is 6.27. The number of aromatic nitrogens is 4. The van der Waals surface area contributed by atoms with Crippen molar-refractivity contribution in [1.29, 1.82) is 0 Å². The first kappa shape index (κ1) is 36.9. The largest absolute Gasteiger partial charge is 0.309 e. The molecule has 0 aliphatic rings. The molecule has 10 aromatic carbocycles. The molecule has 0 bridgehead atoms. The summed E-state index contributed by atoms with van der Waals surface area (Å²) in [5.41, 5.74) is 13.5. The van der Waals surface area contributed by atoms with Gasteiger partial charge in [0.1, 0.15) is 0 Å². The van der Waals surface area contributed by atoms with Crippen molar-refractivity contribution >= 4 is 65.0 Å². The molecule has 13 rings (SSSR count). The smallest absolute Gasteiger partial charge is 0.160 e. The second kappa shape index (κ2) is 15.0. The van der Waals surface area contributed by atoms with Gasteiger partial charge in [-0.2, -0.15) is 0 Å². The van der Waals surface area contributed by atoms with E-state index in [1.807, 2.05) is 0 Å². The van der Waals surface area contributed by atoms with Crippen molar-refractivity contribution in [2.45, 2.75) is 0 Å². The minimum absolute atomic E-state index is 0.683. The number of nitrogens with zero attached hydrogens (tertiary/aromatic N) is 4.